The van der Waals surface area contributed by atoms with Crippen LogP contribution in [0.25, 0.3) is 0 Å². The van der Waals surface area contributed by atoms with Crippen molar-refractivity contribution in [3.8, 4) is 0 Å². The zero-order valence-corrected chi connectivity index (χ0v) is 10.8. The number of carbonyl (C=O) groups is 1. The third-order valence-corrected chi connectivity index (χ3v) is 3.93. The topological polar surface area (TPSA) is 75.7 Å². The third kappa shape index (κ3) is 6.04. The lowest BCUT2D eigenvalue weighted by atomic mass is 10.5. The number of ether oxygens (including phenoxy) is 1. The normalized spacial score (nSPS) is 11.8. The van der Waals surface area contributed by atoms with Crippen molar-refractivity contribution in [1.29, 1.82) is 0 Å². The van der Waals surface area contributed by atoms with Crippen molar-refractivity contribution in [1.82, 2.24) is 9.62 Å². The predicted molar refractivity (Wildman–Crippen MR) is 61.6 cm³/mol. The predicted octanol–water partition coefficient (Wildman–Crippen LogP) is -0.579. The van der Waals surface area contributed by atoms with Gasteiger partial charge in [-0.3, -0.25) is 4.79 Å². The first-order chi connectivity index (χ1) is 7.44. The Morgan fingerprint density at radius 1 is 1.44 bits per heavy atom. The molecule has 6 nitrogen and oxygen atoms in total. The van der Waals surface area contributed by atoms with Crippen molar-refractivity contribution in [2.75, 3.05) is 39.6 Å². The Morgan fingerprint density at radius 2 is 2.06 bits per heavy atom. The molecule has 0 aromatic heterocycles. The first kappa shape index (κ1) is 15.3. The molecule has 0 heterocycles. The number of nitrogens with one attached hydrogen (secondary N) is 1. The van der Waals surface area contributed by atoms with E-state index in [1.165, 1.54) is 14.2 Å². The van der Waals surface area contributed by atoms with Crippen LogP contribution in [0.15, 0.2) is 0 Å². The number of nitrogens with zero attached hydrogens (tertiary/aromatic N) is 1. The van der Waals surface area contributed by atoms with E-state index in [-0.39, 0.29) is 18.2 Å². The molecule has 0 saturated carbocycles. The van der Waals surface area contributed by atoms with Crippen molar-refractivity contribution in [3.63, 3.8) is 0 Å². The van der Waals surface area contributed by atoms with Crippen LogP contribution in [0.5, 0.6) is 0 Å². The quantitative estimate of drug-likeness (QED) is 0.586. The van der Waals surface area contributed by atoms with Crippen LogP contribution in [0.2, 0.25) is 0 Å². The monoisotopic (exact) mass is 252 g/mol. The molecule has 0 radical (unpaired) electrons. The van der Waals surface area contributed by atoms with E-state index in [4.69, 9.17) is 4.74 Å². The van der Waals surface area contributed by atoms with E-state index in [0.29, 0.717) is 19.6 Å². The summed E-state index contributed by atoms with van der Waals surface area (Å²) in [4.78, 5) is 11.3. The molecule has 0 saturated heterocycles. The molecule has 96 valence electrons. The molecule has 0 rings (SSSR count). The third-order valence-electron chi connectivity index (χ3n) is 1.93. The van der Waals surface area contributed by atoms with Gasteiger partial charge < -0.3 is 10.1 Å². The molecule has 0 bridgehead atoms. The number of methoxy groups -OCH3 is 1. The molecule has 0 fully saturated rings. The molecule has 1 amide bonds. The van der Waals surface area contributed by atoms with E-state index in [0.717, 1.165) is 4.31 Å². The Morgan fingerprint density at radius 3 is 2.56 bits per heavy atom. The van der Waals surface area contributed by atoms with E-state index < -0.39 is 10.0 Å². The van der Waals surface area contributed by atoms with Gasteiger partial charge >= 0.3 is 0 Å². The highest BCUT2D eigenvalue weighted by molar-refractivity contribution is 7.89. The van der Waals surface area contributed by atoms with Gasteiger partial charge in [0.1, 0.15) is 0 Å². The van der Waals surface area contributed by atoms with Crippen LogP contribution in [-0.4, -0.2) is 58.2 Å². The van der Waals surface area contributed by atoms with Crippen molar-refractivity contribution in [2.45, 2.75) is 13.3 Å². The maximum atomic E-state index is 11.5. The molecule has 16 heavy (non-hydrogen) atoms. The lowest BCUT2D eigenvalue weighted by Gasteiger charge is -2.16. The first-order valence-electron chi connectivity index (χ1n) is 5.13. The average Bonchev–Trinajstić information content (AvgIpc) is 2.17. The van der Waals surface area contributed by atoms with Crippen LogP contribution in [0, 0.1) is 0 Å². The van der Waals surface area contributed by atoms with E-state index in [2.05, 4.69) is 5.32 Å². The van der Waals surface area contributed by atoms with E-state index >= 15 is 0 Å². The van der Waals surface area contributed by atoms with E-state index in [1.807, 2.05) is 0 Å². The van der Waals surface area contributed by atoms with Crippen molar-refractivity contribution < 1.29 is 17.9 Å². The molecular weight excluding hydrogens is 232 g/mol. The van der Waals surface area contributed by atoms with Gasteiger partial charge in [0.05, 0.1) is 18.9 Å². The number of rotatable bonds is 8. The second kappa shape index (κ2) is 7.59. The van der Waals surface area contributed by atoms with E-state index in [9.17, 15) is 13.2 Å². The Hall–Kier alpha value is -0.660. The second-order valence-corrected chi connectivity index (χ2v) is 5.61. The maximum Gasteiger partial charge on any atom is 0.235 e. The molecule has 0 aliphatic rings. The van der Waals surface area contributed by atoms with E-state index in [1.54, 1.807) is 6.92 Å². The molecule has 0 aliphatic carbocycles. The lowest BCUT2D eigenvalue weighted by Crippen LogP contribution is -2.40. The Balaban J connectivity index is 4.04. The smallest absolute Gasteiger partial charge is 0.235 e. The molecule has 1 N–H and O–H groups in total. The summed E-state index contributed by atoms with van der Waals surface area (Å²) in [6.07, 6.45) is 0.540. The standard InChI is InChI=1S/C9H20N2O4S/c1-4-7-16(13,14)11(2)8-9(12)10-5-6-15-3/h4-8H2,1-3H3,(H,10,12). The zero-order valence-electron chi connectivity index (χ0n) is 10.0. The summed E-state index contributed by atoms with van der Waals surface area (Å²) in [5.74, 6) is -0.256. The zero-order chi connectivity index (χ0) is 12.6. The average molecular weight is 252 g/mol. The number of sulfonamides is 1. The summed E-state index contributed by atoms with van der Waals surface area (Å²) in [6, 6.07) is 0. The largest absolute Gasteiger partial charge is 0.383 e. The summed E-state index contributed by atoms with van der Waals surface area (Å²) in [5.41, 5.74) is 0. The number of likely N-dealkylation sites (N-methyl/N-ethyl adjacent to an activating group) is 1. The van der Waals surface area contributed by atoms with Crippen molar-refractivity contribution >= 4 is 15.9 Å². The molecule has 0 unspecified atom stereocenters. The second-order valence-electron chi connectivity index (χ2n) is 3.41. The van der Waals surface area contributed by atoms with Crippen molar-refractivity contribution in [2.24, 2.45) is 0 Å². The number of carbonyl (C=O) groups excluding carboxylic acids is 1. The number of hydrogen-bond donors (Lipinski definition) is 1. The Bertz CT molecular complexity index is 303. The fraction of sp³-hybridized carbons (Fsp3) is 0.889. The van der Waals surface area contributed by atoms with Gasteiger partial charge in [-0.15, -0.1) is 0 Å². The fourth-order valence-corrected chi connectivity index (χ4v) is 2.20. The van der Waals surface area contributed by atoms with Crippen LogP contribution >= 0.6 is 0 Å². The number of hydrogen-bond acceptors (Lipinski definition) is 4. The molecule has 0 atom stereocenters. The van der Waals surface area contributed by atoms with Crippen LogP contribution in [-0.2, 0) is 19.6 Å². The molecule has 7 heteroatoms. The Kier molecular flexibility index (Phi) is 7.27. The van der Waals surface area contributed by atoms with Gasteiger partial charge in [0.25, 0.3) is 0 Å². The highest BCUT2D eigenvalue weighted by Gasteiger charge is 2.18. The highest BCUT2D eigenvalue weighted by atomic mass is 32.2. The number of amides is 1. The summed E-state index contributed by atoms with van der Waals surface area (Å²) >= 11 is 0. The van der Waals surface area contributed by atoms with Gasteiger partial charge in [0.2, 0.25) is 15.9 Å². The molecule has 0 spiro atoms. The summed E-state index contributed by atoms with van der Waals surface area (Å²) in [7, 11) is -0.359. The van der Waals surface area contributed by atoms with Crippen LogP contribution in [0.3, 0.4) is 0 Å². The minimum Gasteiger partial charge on any atom is -0.383 e. The van der Waals surface area contributed by atoms with Gasteiger partial charge in [-0.05, 0) is 6.42 Å². The minimum absolute atomic E-state index is 0.0643. The van der Waals surface area contributed by atoms with Crippen LogP contribution in [0.1, 0.15) is 13.3 Å². The summed E-state index contributed by atoms with van der Waals surface area (Å²) < 4.78 is 28.9. The molecule has 0 aliphatic heterocycles. The summed E-state index contributed by atoms with van der Waals surface area (Å²) in [5, 5.41) is 2.56. The van der Waals surface area contributed by atoms with Crippen LogP contribution < -0.4 is 5.32 Å². The fourth-order valence-electron chi connectivity index (χ4n) is 1.06. The minimum atomic E-state index is -3.29. The van der Waals surface area contributed by atoms with Crippen LogP contribution in [0.4, 0.5) is 0 Å². The molecule has 0 aromatic carbocycles. The van der Waals surface area contributed by atoms with Gasteiger partial charge in [0, 0.05) is 20.7 Å². The van der Waals surface area contributed by atoms with Gasteiger partial charge in [-0.2, -0.15) is 4.31 Å². The Labute approximate surface area is 97.0 Å². The van der Waals surface area contributed by atoms with Gasteiger partial charge in [-0.1, -0.05) is 6.92 Å². The summed E-state index contributed by atoms with van der Waals surface area (Å²) in [6.45, 7) is 2.43. The SMILES string of the molecule is CCCS(=O)(=O)N(C)CC(=O)NCCOC. The van der Waals surface area contributed by atoms with Crippen molar-refractivity contribution in [3.05, 3.63) is 0 Å². The molecular formula is C9H20N2O4S. The highest BCUT2D eigenvalue weighted by Crippen LogP contribution is 1.99. The lowest BCUT2D eigenvalue weighted by molar-refractivity contribution is -0.121. The van der Waals surface area contributed by atoms with Gasteiger partial charge in [-0.25, -0.2) is 8.42 Å². The first-order valence-corrected chi connectivity index (χ1v) is 6.74. The maximum absolute atomic E-state index is 11.5. The van der Waals surface area contributed by atoms with Gasteiger partial charge in [0.15, 0.2) is 0 Å². The molecule has 0 aromatic rings.